The number of amides is 1. The van der Waals surface area contributed by atoms with Crippen LogP contribution < -0.4 is 4.74 Å². The summed E-state index contributed by atoms with van der Waals surface area (Å²) >= 11 is 0. The molecule has 1 saturated heterocycles. The molecule has 1 atom stereocenters. The van der Waals surface area contributed by atoms with Gasteiger partial charge in [0.15, 0.2) is 0 Å². The molecular weight excluding hydrogens is 472 g/mol. The van der Waals surface area contributed by atoms with Gasteiger partial charge in [-0.25, -0.2) is 4.79 Å². The first-order valence-electron chi connectivity index (χ1n) is 12.1. The molecule has 1 amide bonds. The number of ketones is 1. The molecule has 8 heteroatoms. The second-order valence-corrected chi connectivity index (χ2v) is 8.50. The highest BCUT2D eigenvalue weighted by atomic mass is 16.5. The standard InChI is InChI=1S/C29H28N2O6/c1-3-17-37-23-11-9-21(10-12-23)26(32)24-25(20-13-15-30-16-14-20)31(28(34)27(24)33)18-19-5-7-22(8-6-19)29(35)36-4-2/h5-16,25,32H,3-4,17-18H2,1-2H3/b26-24+. The van der Waals surface area contributed by atoms with E-state index in [1.165, 1.54) is 4.90 Å². The fraction of sp³-hybridized carbons (Fsp3) is 0.241. The summed E-state index contributed by atoms with van der Waals surface area (Å²) in [6.45, 7) is 4.68. The minimum atomic E-state index is -0.816. The van der Waals surface area contributed by atoms with Crippen LogP contribution in [0.3, 0.4) is 0 Å². The van der Waals surface area contributed by atoms with Crippen molar-refractivity contribution in [3.05, 3.63) is 101 Å². The molecule has 2 heterocycles. The van der Waals surface area contributed by atoms with Crippen molar-refractivity contribution in [1.29, 1.82) is 0 Å². The van der Waals surface area contributed by atoms with E-state index in [0.717, 1.165) is 6.42 Å². The van der Waals surface area contributed by atoms with Crippen LogP contribution in [0.5, 0.6) is 5.75 Å². The van der Waals surface area contributed by atoms with Gasteiger partial charge in [0.1, 0.15) is 11.5 Å². The third-order valence-corrected chi connectivity index (χ3v) is 5.98. The average Bonchev–Trinajstić information content (AvgIpc) is 3.17. The lowest BCUT2D eigenvalue weighted by Gasteiger charge is -2.25. The van der Waals surface area contributed by atoms with Crippen molar-refractivity contribution in [2.75, 3.05) is 13.2 Å². The van der Waals surface area contributed by atoms with Crippen molar-refractivity contribution in [1.82, 2.24) is 9.88 Å². The highest BCUT2D eigenvalue weighted by Crippen LogP contribution is 2.40. The zero-order valence-corrected chi connectivity index (χ0v) is 20.7. The van der Waals surface area contributed by atoms with Crippen molar-refractivity contribution in [2.24, 2.45) is 0 Å². The van der Waals surface area contributed by atoms with Gasteiger partial charge in [-0.05, 0) is 73.0 Å². The molecule has 0 radical (unpaired) electrons. The lowest BCUT2D eigenvalue weighted by molar-refractivity contribution is -0.140. The van der Waals surface area contributed by atoms with Gasteiger partial charge in [-0.15, -0.1) is 0 Å². The van der Waals surface area contributed by atoms with Gasteiger partial charge in [0.05, 0.1) is 30.4 Å². The summed E-state index contributed by atoms with van der Waals surface area (Å²) in [5, 5.41) is 11.2. The van der Waals surface area contributed by atoms with Crippen LogP contribution in [0.1, 0.15) is 53.4 Å². The second kappa shape index (κ2) is 11.5. The molecule has 2 aromatic carbocycles. The molecule has 0 bridgehead atoms. The van der Waals surface area contributed by atoms with Crippen LogP contribution in [0.15, 0.2) is 78.6 Å². The third kappa shape index (κ3) is 5.53. The van der Waals surface area contributed by atoms with Gasteiger partial charge in [-0.3, -0.25) is 14.6 Å². The smallest absolute Gasteiger partial charge is 0.338 e. The Morgan fingerprint density at radius 2 is 1.59 bits per heavy atom. The van der Waals surface area contributed by atoms with Gasteiger partial charge in [-0.1, -0.05) is 19.1 Å². The lowest BCUT2D eigenvalue weighted by Crippen LogP contribution is -2.29. The zero-order chi connectivity index (χ0) is 26.4. The third-order valence-electron chi connectivity index (χ3n) is 5.98. The molecule has 1 N–H and O–H groups in total. The summed E-state index contributed by atoms with van der Waals surface area (Å²) in [5.41, 5.74) is 2.15. The van der Waals surface area contributed by atoms with E-state index in [1.54, 1.807) is 80.0 Å². The number of ether oxygens (including phenoxy) is 2. The first-order chi connectivity index (χ1) is 17.9. The molecular formula is C29H28N2O6. The van der Waals surface area contributed by atoms with E-state index in [1.807, 2.05) is 6.92 Å². The number of nitrogens with zero attached hydrogens (tertiary/aromatic N) is 2. The van der Waals surface area contributed by atoms with Crippen LogP contribution in [0, 0.1) is 0 Å². The van der Waals surface area contributed by atoms with Crippen LogP contribution in [0.2, 0.25) is 0 Å². The van der Waals surface area contributed by atoms with Crippen molar-refractivity contribution in [3.63, 3.8) is 0 Å². The molecule has 1 unspecified atom stereocenters. The SMILES string of the molecule is CCCOc1ccc(/C(O)=C2\C(=O)C(=O)N(Cc3ccc(C(=O)OCC)cc3)C2c2ccncc2)cc1. The van der Waals surface area contributed by atoms with E-state index in [0.29, 0.717) is 34.6 Å². The highest BCUT2D eigenvalue weighted by Gasteiger charge is 2.46. The van der Waals surface area contributed by atoms with Crippen molar-refractivity contribution < 1.29 is 29.0 Å². The number of aromatic nitrogens is 1. The van der Waals surface area contributed by atoms with Gasteiger partial charge in [0.25, 0.3) is 11.7 Å². The molecule has 8 nitrogen and oxygen atoms in total. The summed E-state index contributed by atoms with van der Waals surface area (Å²) < 4.78 is 10.6. The molecule has 0 spiro atoms. The highest BCUT2D eigenvalue weighted by molar-refractivity contribution is 6.46. The normalized spacial score (nSPS) is 16.6. The van der Waals surface area contributed by atoms with E-state index in [2.05, 4.69) is 4.98 Å². The van der Waals surface area contributed by atoms with Gasteiger partial charge >= 0.3 is 5.97 Å². The Kier molecular flexibility index (Phi) is 7.98. The molecule has 1 aromatic heterocycles. The predicted molar refractivity (Wildman–Crippen MR) is 137 cm³/mol. The number of rotatable bonds is 9. The van der Waals surface area contributed by atoms with Gasteiger partial charge in [0.2, 0.25) is 0 Å². The Morgan fingerprint density at radius 1 is 0.946 bits per heavy atom. The molecule has 3 aromatic rings. The van der Waals surface area contributed by atoms with Crippen LogP contribution in [-0.2, 0) is 20.9 Å². The monoisotopic (exact) mass is 500 g/mol. The van der Waals surface area contributed by atoms with E-state index in [9.17, 15) is 19.5 Å². The first kappa shape index (κ1) is 25.6. The van der Waals surface area contributed by atoms with Crippen molar-refractivity contribution >= 4 is 23.4 Å². The van der Waals surface area contributed by atoms with E-state index in [4.69, 9.17) is 9.47 Å². The van der Waals surface area contributed by atoms with Gasteiger partial charge < -0.3 is 19.5 Å². The summed E-state index contributed by atoms with van der Waals surface area (Å²) in [4.78, 5) is 43.9. The topological polar surface area (TPSA) is 106 Å². The van der Waals surface area contributed by atoms with E-state index >= 15 is 0 Å². The van der Waals surface area contributed by atoms with Crippen LogP contribution in [-0.4, -0.2) is 45.9 Å². The number of hydrogen-bond acceptors (Lipinski definition) is 7. The Labute approximate surface area is 215 Å². The lowest BCUT2D eigenvalue weighted by atomic mass is 9.95. The number of pyridine rings is 1. The number of hydrogen-bond donors (Lipinski definition) is 1. The molecule has 1 fully saturated rings. The predicted octanol–water partition coefficient (Wildman–Crippen LogP) is 4.67. The number of esters is 1. The fourth-order valence-electron chi connectivity index (χ4n) is 4.18. The first-order valence-corrected chi connectivity index (χ1v) is 12.1. The Morgan fingerprint density at radius 3 is 2.22 bits per heavy atom. The number of likely N-dealkylation sites (tertiary alicyclic amines) is 1. The van der Waals surface area contributed by atoms with Crippen LogP contribution in [0.4, 0.5) is 0 Å². The molecule has 0 saturated carbocycles. The van der Waals surface area contributed by atoms with Gasteiger partial charge in [-0.2, -0.15) is 0 Å². The minimum Gasteiger partial charge on any atom is -0.507 e. The molecule has 4 rings (SSSR count). The Balaban J connectivity index is 1.70. The molecule has 0 aliphatic carbocycles. The van der Waals surface area contributed by atoms with E-state index in [-0.39, 0.29) is 24.5 Å². The largest absolute Gasteiger partial charge is 0.507 e. The fourth-order valence-corrected chi connectivity index (χ4v) is 4.18. The number of carbonyl (C=O) groups is 3. The quantitative estimate of drug-likeness (QED) is 0.197. The van der Waals surface area contributed by atoms with Crippen molar-refractivity contribution in [3.8, 4) is 5.75 Å². The molecule has 1 aliphatic heterocycles. The Bertz CT molecular complexity index is 1300. The summed E-state index contributed by atoms with van der Waals surface area (Å²) in [5.74, 6) is -1.54. The van der Waals surface area contributed by atoms with Crippen LogP contribution in [0.25, 0.3) is 5.76 Å². The van der Waals surface area contributed by atoms with Crippen molar-refractivity contribution in [2.45, 2.75) is 32.9 Å². The molecule has 37 heavy (non-hydrogen) atoms. The average molecular weight is 501 g/mol. The summed E-state index contributed by atoms with van der Waals surface area (Å²) in [6.07, 6.45) is 4.01. The number of aliphatic hydroxyl groups excluding tert-OH is 1. The maximum absolute atomic E-state index is 13.2. The Hall–Kier alpha value is -4.46. The molecule has 1 aliphatic rings. The van der Waals surface area contributed by atoms with Gasteiger partial charge in [0, 0.05) is 24.5 Å². The van der Waals surface area contributed by atoms with E-state index < -0.39 is 23.7 Å². The second-order valence-electron chi connectivity index (χ2n) is 8.50. The number of Topliss-reactive ketones (excluding diaryl/α,β-unsaturated/α-hetero) is 1. The zero-order valence-electron chi connectivity index (χ0n) is 20.7. The maximum atomic E-state index is 13.2. The molecule has 190 valence electrons. The number of benzene rings is 2. The maximum Gasteiger partial charge on any atom is 0.338 e. The minimum absolute atomic E-state index is 0.00145. The summed E-state index contributed by atoms with van der Waals surface area (Å²) in [7, 11) is 0. The summed E-state index contributed by atoms with van der Waals surface area (Å²) in [6, 6.07) is 16.0. The number of carbonyl (C=O) groups excluding carboxylic acids is 3. The number of aliphatic hydroxyl groups is 1. The van der Waals surface area contributed by atoms with Crippen LogP contribution >= 0.6 is 0 Å².